The molecular weight excluding hydrogens is 172 g/mol. The van der Waals surface area contributed by atoms with Gasteiger partial charge in [0.05, 0.1) is 0 Å². The molecule has 1 atom stereocenters. The summed E-state index contributed by atoms with van der Waals surface area (Å²) < 4.78 is 0. The highest BCUT2D eigenvalue weighted by molar-refractivity contribution is 4.89. The van der Waals surface area contributed by atoms with Gasteiger partial charge in [0.25, 0.3) is 0 Å². The fraction of sp³-hybridized carbons (Fsp3) is 1.00. The molecule has 0 radical (unpaired) electrons. The Balaban J connectivity index is 2.29. The Kier molecular flexibility index (Phi) is 4.39. The van der Waals surface area contributed by atoms with E-state index in [1.165, 1.54) is 32.4 Å². The lowest BCUT2D eigenvalue weighted by Gasteiger charge is -2.33. The molecule has 0 bridgehead atoms. The van der Waals surface area contributed by atoms with E-state index in [1.54, 1.807) is 0 Å². The maximum Gasteiger partial charge on any atom is 0.0166 e. The summed E-state index contributed by atoms with van der Waals surface area (Å²) in [5.74, 6) is 0. The minimum Gasteiger partial charge on any atom is -0.313 e. The summed E-state index contributed by atoms with van der Waals surface area (Å²) >= 11 is 0. The van der Waals surface area contributed by atoms with Crippen molar-refractivity contribution in [3.05, 3.63) is 0 Å². The van der Waals surface area contributed by atoms with E-state index in [4.69, 9.17) is 0 Å². The standard InChI is InChI=1S/C12H26N2/c1-5-8-13-11(2)10-14-9-6-7-12(14,3)4/h11,13H,5-10H2,1-4H3. The van der Waals surface area contributed by atoms with Crippen molar-refractivity contribution in [3.8, 4) is 0 Å². The van der Waals surface area contributed by atoms with Gasteiger partial charge >= 0.3 is 0 Å². The van der Waals surface area contributed by atoms with Gasteiger partial charge in [0.15, 0.2) is 0 Å². The molecule has 0 amide bonds. The Morgan fingerprint density at radius 1 is 1.43 bits per heavy atom. The summed E-state index contributed by atoms with van der Waals surface area (Å²) in [7, 11) is 0. The Bertz CT molecular complexity index is 166. The molecule has 1 fully saturated rings. The van der Waals surface area contributed by atoms with Crippen LogP contribution in [-0.4, -0.2) is 36.1 Å². The van der Waals surface area contributed by atoms with Crippen LogP contribution >= 0.6 is 0 Å². The number of rotatable bonds is 5. The predicted molar refractivity (Wildman–Crippen MR) is 62.6 cm³/mol. The third kappa shape index (κ3) is 3.25. The van der Waals surface area contributed by atoms with Gasteiger partial charge in [-0.05, 0) is 53.1 Å². The lowest BCUT2D eigenvalue weighted by molar-refractivity contribution is 0.160. The Morgan fingerprint density at radius 2 is 2.14 bits per heavy atom. The molecule has 0 spiro atoms. The molecule has 1 aliphatic rings. The van der Waals surface area contributed by atoms with Crippen molar-refractivity contribution in [1.29, 1.82) is 0 Å². The number of nitrogens with one attached hydrogen (secondary N) is 1. The Morgan fingerprint density at radius 3 is 2.64 bits per heavy atom. The molecule has 1 unspecified atom stereocenters. The summed E-state index contributed by atoms with van der Waals surface area (Å²) in [6, 6.07) is 0.632. The maximum absolute atomic E-state index is 3.56. The quantitative estimate of drug-likeness (QED) is 0.729. The minimum atomic E-state index is 0.433. The third-order valence-electron chi connectivity index (χ3n) is 3.31. The van der Waals surface area contributed by atoms with Crippen molar-refractivity contribution in [2.45, 2.75) is 58.5 Å². The zero-order chi connectivity index (χ0) is 10.6. The Labute approximate surface area is 89.1 Å². The van der Waals surface area contributed by atoms with Gasteiger partial charge in [-0.3, -0.25) is 4.90 Å². The molecule has 0 aromatic rings. The monoisotopic (exact) mass is 198 g/mol. The van der Waals surface area contributed by atoms with E-state index in [-0.39, 0.29) is 0 Å². The second kappa shape index (κ2) is 5.13. The summed E-state index contributed by atoms with van der Waals surface area (Å²) in [5, 5.41) is 3.56. The van der Waals surface area contributed by atoms with Crippen LogP contribution in [0.1, 0.15) is 47.0 Å². The second-order valence-corrected chi connectivity index (χ2v) is 5.22. The molecule has 0 aliphatic carbocycles. The van der Waals surface area contributed by atoms with Gasteiger partial charge in [-0.2, -0.15) is 0 Å². The van der Waals surface area contributed by atoms with Crippen LogP contribution in [0.5, 0.6) is 0 Å². The van der Waals surface area contributed by atoms with E-state index >= 15 is 0 Å². The van der Waals surface area contributed by atoms with E-state index < -0.39 is 0 Å². The smallest absolute Gasteiger partial charge is 0.0166 e. The number of nitrogens with zero attached hydrogens (tertiary/aromatic N) is 1. The molecular formula is C12H26N2. The SMILES string of the molecule is CCCNC(C)CN1CCCC1(C)C. The average Bonchev–Trinajstić information content (AvgIpc) is 2.43. The molecule has 0 aromatic heterocycles. The number of likely N-dealkylation sites (tertiary alicyclic amines) is 1. The number of hydrogen-bond acceptors (Lipinski definition) is 2. The Hall–Kier alpha value is -0.0800. The highest BCUT2D eigenvalue weighted by atomic mass is 15.2. The van der Waals surface area contributed by atoms with Crippen molar-refractivity contribution in [2.75, 3.05) is 19.6 Å². The predicted octanol–water partition coefficient (Wildman–Crippen LogP) is 2.25. The molecule has 1 heterocycles. The average molecular weight is 198 g/mol. The van der Waals surface area contributed by atoms with Gasteiger partial charge in [0.1, 0.15) is 0 Å². The van der Waals surface area contributed by atoms with Crippen LogP contribution in [-0.2, 0) is 0 Å². The first kappa shape index (κ1) is 12.0. The van der Waals surface area contributed by atoms with E-state index in [0.717, 1.165) is 6.54 Å². The van der Waals surface area contributed by atoms with Crippen molar-refractivity contribution < 1.29 is 0 Å². The van der Waals surface area contributed by atoms with Crippen molar-refractivity contribution >= 4 is 0 Å². The minimum absolute atomic E-state index is 0.433. The fourth-order valence-corrected chi connectivity index (χ4v) is 2.29. The van der Waals surface area contributed by atoms with E-state index in [2.05, 4.69) is 37.9 Å². The van der Waals surface area contributed by atoms with E-state index in [1.807, 2.05) is 0 Å². The molecule has 0 saturated carbocycles. The molecule has 2 nitrogen and oxygen atoms in total. The van der Waals surface area contributed by atoms with Crippen molar-refractivity contribution in [3.63, 3.8) is 0 Å². The summed E-state index contributed by atoms with van der Waals surface area (Å²) in [5.41, 5.74) is 0.433. The van der Waals surface area contributed by atoms with E-state index in [9.17, 15) is 0 Å². The van der Waals surface area contributed by atoms with Crippen LogP contribution in [0.15, 0.2) is 0 Å². The first-order valence-corrected chi connectivity index (χ1v) is 6.04. The van der Waals surface area contributed by atoms with Crippen molar-refractivity contribution in [2.24, 2.45) is 0 Å². The van der Waals surface area contributed by atoms with Gasteiger partial charge in [-0.15, -0.1) is 0 Å². The lowest BCUT2D eigenvalue weighted by Crippen LogP contribution is -2.46. The van der Waals surface area contributed by atoms with Crippen LogP contribution < -0.4 is 5.32 Å². The molecule has 2 heteroatoms. The molecule has 1 N–H and O–H groups in total. The largest absolute Gasteiger partial charge is 0.313 e. The molecule has 1 rings (SSSR count). The third-order valence-corrected chi connectivity index (χ3v) is 3.31. The topological polar surface area (TPSA) is 15.3 Å². The first-order valence-electron chi connectivity index (χ1n) is 6.04. The first-order chi connectivity index (χ1) is 6.56. The van der Waals surface area contributed by atoms with Crippen LogP contribution in [0.25, 0.3) is 0 Å². The van der Waals surface area contributed by atoms with Crippen LogP contribution in [0, 0.1) is 0 Å². The summed E-state index contributed by atoms with van der Waals surface area (Å²) in [4.78, 5) is 2.63. The van der Waals surface area contributed by atoms with Gasteiger partial charge in [0.2, 0.25) is 0 Å². The van der Waals surface area contributed by atoms with Crippen LogP contribution in [0.4, 0.5) is 0 Å². The van der Waals surface area contributed by atoms with Crippen LogP contribution in [0.2, 0.25) is 0 Å². The van der Waals surface area contributed by atoms with E-state index in [0.29, 0.717) is 11.6 Å². The lowest BCUT2D eigenvalue weighted by atomic mass is 10.0. The molecule has 14 heavy (non-hydrogen) atoms. The summed E-state index contributed by atoms with van der Waals surface area (Å²) in [6.45, 7) is 12.9. The zero-order valence-corrected chi connectivity index (χ0v) is 10.3. The van der Waals surface area contributed by atoms with Gasteiger partial charge in [-0.1, -0.05) is 6.92 Å². The van der Waals surface area contributed by atoms with Crippen molar-refractivity contribution in [1.82, 2.24) is 10.2 Å². The molecule has 0 aromatic carbocycles. The molecule has 84 valence electrons. The highest BCUT2D eigenvalue weighted by Gasteiger charge is 2.32. The second-order valence-electron chi connectivity index (χ2n) is 5.22. The van der Waals surface area contributed by atoms with Gasteiger partial charge in [-0.25, -0.2) is 0 Å². The maximum atomic E-state index is 3.56. The van der Waals surface area contributed by atoms with Gasteiger partial charge in [0, 0.05) is 18.1 Å². The summed E-state index contributed by atoms with van der Waals surface area (Å²) in [6.07, 6.45) is 3.95. The van der Waals surface area contributed by atoms with Gasteiger partial charge < -0.3 is 5.32 Å². The fourth-order valence-electron chi connectivity index (χ4n) is 2.29. The molecule has 1 aliphatic heterocycles. The highest BCUT2D eigenvalue weighted by Crippen LogP contribution is 2.27. The normalized spacial score (nSPS) is 24.0. The zero-order valence-electron chi connectivity index (χ0n) is 10.3. The molecule has 1 saturated heterocycles. The number of hydrogen-bond donors (Lipinski definition) is 1. The van der Waals surface area contributed by atoms with Crippen LogP contribution in [0.3, 0.4) is 0 Å².